The zero-order valence-electron chi connectivity index (χ0n) is 10.6. The van der Waals surface area contributed by atoms with Crippen molar-refractivity contribution in [2.45, 2.75) is 16.9 Å². The number of rotatable bonds is 2. The van der Waals surface area contributed by atoms with Crippen molar-refractivity contribution in [1.29, 1.82) is 0 Å². The first-order valence-corrected chi connectivity index (χ1v) is 9.41. The van der Waals surface area contributed by atoms with Gasteiger partial charge in [0.1, 0.15) is 0 Å². The largest absolute Gasteiger partial charge is 0.291 e. The van der Waals surface area contributed by atoms with Crippen LogP contribution in [-0.2, 0) is 26.1 Å². The van der Waals surface area contributed by atoms with Crippen molar-refractivity contribution >= 4 is 25.5 Å². The van der Waals surface area contributed by atoms with E-state index in [9.17, 15) is 21.6 Å². The fourth-order valence-electron chi connectivity index (χ4n) is 2.56. The van der Waals surface area contributed by atoms with Gasteiger partial charge < -0.3 is 0 Å². The third kappa shape index (κ3) is 1.92. The van der Waals surface area contributed by atoms with E-state index in [-0.39, 0.29) is 18.4 Å². The Morgan fingerprint density at radius 1 is 1.00 bits per heavy atom. The molecule has 1 aromatic rings. The second-order valence-electron chi connectivity index (χ2n) is 4.78. The van der Waals surface area contributed by atoms with Gasteiger partial charge in [0.15, 0.2) is 25.5 Å². The molecule has 0 spiro atoms. The van der Waals surface area contributed by atoms with Gasteiger partial charge in [0.05, 0.1) is 0 Å². The van der Waals surface area contributed by atoms with Crippen molar-refractivity contribution in [3.63, 3.8) is 0 Å². The second-order valence-corrected chi connectivity index (χ2v) is 9.52. The number of ketones is 1. The topological polar surface area (TPSA) is 85.3 Å². The average Bonchev–Trinajstić information content (AvgIpc) is 2.26. The molecule has 0 amide bonds. The van der Waals surface area contributed by atoms with Crippen molar-refractivity contribution in [2.75, 3.05) is 12.5 Å². The highest BCUT2D eigenvalue weighted by molar-refractivity contribution is 8.11. The van der Waals surface area contributed by atoms with Crippen LogP contribution in [0.15, 0.2) is 24.3 Å². The summed E-state index contributed by atoms with van der Waals surface area (Å²) in [4.78, 5) is 12.5. The summed E-state index contributed by atoms with van der Waals surface area (Å²) in [5, 5.41) is 0. The van der Waals surface area contributed by atoms with E-state index in [4.69, 9.17) is 0 Å². The summed E-state index contributed by atoms with van der Waals surface area (Å²) in [6.07, 6.45) is 1.64. The number of Topliss-reactive ketones (excluding diaryl/α,β-unsaturated/α-hetero) is 1. The van der Waals surface area contributed by atoms with E-state index in [1.807, 2.05) is 0 Å². The first-order chi connectivity index (χ1) is 8.61. The Kier molecular flexibility index (Phi) is 3.10. The average molecular weight is 302 g/mol. The van der Waals surface area contributed by atoms with Gasteiger partial charge in [-0.15, -0.1) is 0 Å². The molecule has 0 fully saturated rings. The molecule has 0 radical (unpaired) electrons. The first kappa shape index (κ1) is 14.2. The SMILES string of the molecule is CS(=O)(=O)C1(S(C)(=O)=O)CCc2ccccc2C1=O. The number of sulfone groups is 2. The summed E-state index contributed by atoms with van der Waals surface area (Å²) >= 11 is 0. The van der Waals surface area contributed by atoms with E-state index in [1.54, 1.807) is 18.2 Å². The maximum absolute atomic E-state index is 12.5. The summed E-state index contributed by atoms with van der Waals surface area (Å²) in [6.45, 7) is 0. The van der Waals surface area contributed by atoms with Gasteiger partial charge in [-0.3, -0.25) is 4.79 Å². The fourth-order valence-corrected chi connectivity index (χ4v) is 6.60. The number of carbonyl (C=O) groups excluding carboxylic acids is 1. The second kappa shape index (κ2) is 4.14. The van der Waals surface area contributed by atoms with Crippen molar-refractivity contribution < 1.29 is 21.6 Å². The molecule has 19 heavy (non-hydrogen) atoms. The molecule has 1 aliphatic carbocycles. The molecule has 0 unspecified atom stereocenters. The number of hydrogen-bond acceptors (Lipinski definition) is 5. The van der Waals surface area contributed by atoms with Crippen LogP contribution in [0.25, 0.3) is 0 Å². The van der Waals surface area contributed by atoms with Crippen molar-refractivity contribution in [2.24, 2.45) is 0 Å². The minimum absolute atomic E-state index is 0.185. The van der Waals surface area contributed by atoms with Gasteiger partial charge in [-0.05, 0) is 18.4 Å². The van der Waals surface area contributed by atoms with E-state index in [1.165, 1.54) is 6.07 Å². The summed E-state index contributed by atoms with van der Waals surface area (Å²) in [5.74, 6) is -0.834. The van der Waals surface area contributed by atoms with Crippen LogP contribution in [0.5, 0.6) is 0 Å². The smallest absolute Gasteiger partial charge is 0.234 e. The Hall–Kier alpha value is -1.21. The molecule has 0 N–H and O–H groups in total. The summed E-state index contributed by atoms with van der Waals surface area (Å²) in [5.41, 5.74) is 0.875. The molecule has 7 heteroatoms. The van der Waals surface area contributed by atoms with Gasteiger partial charge in [0.25, 0.3) is 0 Å². The quantitative estimate of drug-likeness (QED) is 0.798. The van der Waals surface area contributed by atoms with E-state index < -0.39 is 29.5 Å². The lowest BCUT2D eigenvalue weighted by atomic mass is 9.90. The highest BCUT2D eigenvalue weighted by Crippen LogP contribution is 2.38. The maximum atomic E-state index is 12.5. The Morgan fingerprint density at radius 3 is 2.05 bits per heavy atom. The monoisotopic (exact) mass is 302 g/mol. The molecule has 1 aromatic carbocycles. The predicted molar refractivity (Wildman–Crippen MR) is 71.5 cm³/mol. The third-order valence-electron chi connectivity index (χ3n) is 3.53. The lowest BCUT2D eigenvalue weighted by Gasteiger charge is -2.33. The Labute approximate surface area is 112 Å². The predicted octanol–water partition coefficient (Wildman–Crippen LogP) is 0.601. The summed E-state index contributed by atoms with van der Waals surface area (Å²) < 4.78 is 45.6. The number of aryl methyl sites for hydroxylation is 1. The maximum Gasteiger partial charge on any atom is 0.234 e. The Morgan fingerprint density at radius 2 is 1.53 bits per heavy atom. The summed E-state index contributed by atoms with van der Waals surface area (Å²) in [6, 6.07) is 6.51. The third-order valence-corrected chi connectivity index (χ3v) is 8.52. The van der Waals surface area contributed by atoms with Crippen LogP contribution in [0, 0.1) is 0 Å². The molecule has 2 rings (SSSR count). The number of carbonyl (C=O) groups is 1. The highest BCUT2D eigenvalue weighted by Gasteiger charge is 2.58. The van der Waals surface area contributed by atoms with Crippen LogP contribution >= 0.6 is 0 Å². The standard InChI is InChI=1S/C12H14O5S2/c1-18(14,15)12(19(2,16)17)8-7-9-5-3-4-6-10(9)11(12)13/h3-6H,7-8H2,1-2H3. The minimum Gasteiger partial charge on any atom is -0.291 e. The molecule has 0 bridgehead atoms. The van der Waals surface area contributed by atoms with Crippen LogP contribution in [0.2, 0.25) is 0 Å². The molecule has 104 valence electrons. The van der Waals surface area contributed by atoms with Gasteiger partial charge in [0, 0.05) is 18.1 Å². The van der Waals surface area contributed by atoms with Crippen LogP contribution < -0.4 is 0 Å². The van der Waals surface area contributed by atoms with Crippen LogP contribution in [0.3, 0.4) is 0 Å². The first-order valence-electron chi connectivity index (χ1n) is 5.63. The molecule has 0 atom stereocenters. The molecule has 0 aliphatic heterocycles. The van der Waals surface area contributed by atoms with Gasteiger partial charge in [-0.2, -0.15) is 0 Å². The van der Waals surface area contributed by atoms with E-state index >= 15 is 0 Å². The van der Waals surface area contributed by atoms with E-state index in [0.29, 0.717) is 5.56 Å². The van der Waals surface area contributed by atoms with Gasteiger partial charge in [-0.25, -0.2) is 16.8 Å². The van der Waals surface area contributed by atoms with Crippen LogP contribution in [0.1, 0.15) is 22.3 Å². The highest BCUT2D eigenvalue weighted by atomic mass is 32.3. The molecular formula is C12H14O5S2. The Bertz CT molecular complexity index is 712. The van der Waals surface area contributed by atoms with E-state index in [0.717, 1.165) is 12.5 Å². The molecule has 1 aliphatic rings. The van der Waals surface area contributed by atoms with Crippen molar-refractivity contribution in [3.8, 4) is 0 Å². The van der Waals surface area contributed by atoms with Crippen molar-refractivity contribution in [3.05, 3.63) is 35.4 Å². The normalized spacial score (nSPS) is 18.9. The molecular weight excluding hydrogens is 288 g/mol. The molecule has 5 nitrogen and oxygen atoms in total. The minimum atomic E-state index is -4.07. The molecule has 0 saturated heterocycles. The fraction of sp³-hybridized carbons (Fsp3) is 0.417. The van der Waals surface area contributed by atoms with E-state index in [2.05, 4.69) is 0 Å². The lowest BCUT2D eigenvalue weighted by Crippen LogP contribution is -2.54. The zero-order chi connectivity index (χ0) is 14.5. The number of hydrogen-bond donors (Lipinski definition) is 0. The molecule has 0 aromatic heterocycles. The number of benzene rings is 1. The van der Waals surface area contributed by atoms with Crippen molar-refractivity contribution in [1.82, 2.24) is 0 Å². The summed E-state index contributed by atoms with van der Waals surface area (Å²) in [7, 11) is -8.15. The number of fused-ring (bicyclic) bond motifs is 1. The van der Waals surface area contributed by atoms with Gasteiger partial charge in [0.2, 0.25) is 4.08 Å². The van der Waals surface area contributed by atoms with Gasteiger partial charge >= 0.3 is 0 Å². The van der Waals surface area contributed by atoms with Gasteiger partial charge in [-0.1, -0.05) is 24.3 Å². The zero-order valence-corrected chi connectivity index (χ0v) is 12.2. The van der Waals surface area contributed by atoms with Crippen LogP contribution in [-0.4, -0.2) is 39.2 Å². The lowest BCUT2D eigenvalue weighted by molar-refractivity contribution is 0.0960. The molecule has 0 saturated carbocycles. The van der Waals surface area contributed by atoms with Crippen LogP contribution in [0.4, 0.5) is 0 Å². The molecule has 0 heterocycles. The Balaban J connectivity index is 2.80.